The third-order valence-corrected chi connectivity index (χ3v) is 8.42. The summed E-state index contributed by atoms with van der Waals surface area (Å²) in [6.07, 6.45) is 5.75. The third-order valence-electron chi connectivity index (χ3n) is 8.42. The zero-order chi connectivity index (χ0) is 26.0. The van der Waals surface area contributed by atoms with Crippen LogP contribution < -0.4 is 10.9 Å². The van der Waals surface area contributed by atoms with E-state index in [1.165, 1.54) is 35.1 Å². The van der Waals surface area contributed by atoms with Gasteiger partial charge in [0.25, 0.3) is 5.56 Å². The van der Waals surface area contributed by atoms with Crippen molar-refractivity contribution in [2.24, 2.45) is 16.7 Å². The average molecular weight is 507 g/mol. The van der Waals surface area contributed by atoms with E-state index in [1.807, 2.05) is 6.07 Å². The summed E-state index contributed by atoms with van der Waals surface area (Å²) in [6, 6.07) is 11.9. The lowest BCUT2D eigenvalue weighted by Gasteiger charge is -2.57. The lowest BCUT2D eigenvalue weighted by molar-refractivity contribution is -0.137. The van der Waals surface area contributed by atoms with Crippen molar-refractivity contribution in [1.29, 1.82) is 0 Å². The van der Waals surface area contributed by atoms with Crippen LogP contribution in [0.2, 0.25) is 0 Å². The third kappa shape index (κ3) is 4.49. The lowest BCUT2D eigenvalue weighted by atomic mass is 9.48. The number of fused-ring (bicyclic) bond motifs is 1. The number of allylic oxidation sites excluding steroid dienone is 2. The van der Waals surface area contributed by atoms with Gasteiger partial charge in [-0.2, -0.15) is 13.2 Å². The van der Waals surface area contributed by atoms with Crippen LogP contribution in [0, 0.1) is 16.7 Å². The number of benzene rings is 2. The number of anilines is 1. The summed E-state index contributed by atoms with van der Waals surface area (Å²) in [5.41, 5.74) is 1.99. The van der Waals surface area contributed by atoms with E-state index < -0.39 is 11.7 Å². The number of hydrogen-bond acceptors (Lipinski definition) is 2. The van der Waals surface area contributed by atoms with Crippen LogP contribution in [0.5, 0.6) is 0 Å². The second-order valence-corrected chi connectivity index (χ2v) is 11.7. The van der Waals surface area contributed by atoms with Crippen LogP contribution in [-0.4, -0.2) is 10.5 Å². The monoisotopic (exact) mass is 506 g/mol. The van der Waals surface area contributed by atoms with E-state index in [2.05, 4.69) is 18.3 Å². The number of aromatic nitrogens is 1. The topological polar surface area (TPSA) is 51.1 Å². The first-order valence-corrected chi connectivity index (χ1v) is 12.8. The van der Waals surface area contributed by atoms with E-state index in [9.17, 15) is 22.8 Å². The minimum Gasteiger partial charge on any atom is -0.325 e. The molecule has 4 aliphatic rings. The number of hydrogen-bond donors (Lipinski definition) is 1. The van der Waals surface area contributed by atoms with Crippen molar-refractivity contribution in [3.05, 3.63) is 87.9 Å². The lowest BCUT2D eigenvalue weighted by Crippen LogP contribution is -2.47. The molecule has 2 fully saturated rings. The highest BCUT2D eigenvalue weighted by atomic mass is 19.4. The second-order valence-electron chi connectivity index (χ2n) is 11.7. The Morgan fingerprint density at radius 1 is 1.08 bits per heavy atom. The molecule has 4 aliphatic carbocycles. The van der Waals surface area contributed by atoms with Crippen LogP contribution >= 0.6 is 0 Å². The minimum absolute atomic E-state index is 0.0208. The molecule has 1 aromatic heterocycles. The van der Waals surface area contributed by atoms with Gasteiger partial charge in [0.15, 0.2) is 0 Å². The molecule has 1 N–H and O–H groups in total. The van der Waals surface area contributed by atoms with Crippen molar-refractivity contribution >= 4 is 22.4 Å². The molecule has 0 spiro atoms. The Balaban J connectivity index is 1.21. The maximum Gasteiger partial charge on any atom is 0.416 e. The minimum atomic E-state index is -4.40. The number of rotatable bonds is 5. The number of halogens is 3. The molecular formula is C30H29F3N2O2. The largest absolute Gasteiger partial charge is 0.416 e. The molecule has 2 aromatic carbocycles. The van der Waals surface area contributed by atoms with Crippen molar-refractivity contribution < 1.29 is 18.0 Å². The fourth-order valence-corrected chi connectivity index (χ4v) is 7.54. The first-order valence-electron chi connectivity index (χ1n) is 12.8. The zero-order valence-electron chi connectivity index (χ0n) is 20.7. The van der Waals surface area contributed by atoms with Gasteiger partial charge in [0, 0.05) is 29.1 Å². The SMILES string of the molecule is CC12C=C3CC(C1)CC(CC(=O)Nc1cccc4c(=O)n(Cc5ccc(C(F)(F)F)cc5)ccc14)(C3)C2. The number of amides is 1. The van der Waals surface area contributed by atoms with E-state index >= 15 is 0 Å². The number of alkyl halides is 3. The van der Waals surface area contributed by atoms with Gasteiger partial charge in [-0.05, 0) is 84.7 Å². The summed E-state index contributed by atoms with van der Waals surface area (Å²) in [7, 11) is 0. The standard InChI is InChI=1S/C30H29F3N2O2/c1-28-12-20-11-21(13-28)15-29(14-20,18-28)16-26(36)34-25-4-2-3-24-23(25)9-10-35(27(24)37)17-19-5-7-22(8-6-19)30(31,32)33/h2-10,12,21H,11,13-18H2,1H3,(H,34,36). The fraction of sp³-hybridized carbons (Fsp3) is 0.400. The van der Waals surface area contributed by atoms with Gasteiger partial charge in [-0.25, -0.2) is 0 Å². The van der Waals surface area contributed by atoms with E-state index in [-0.39, 0.29) is 28.8 Å². The quantitative estimate of drug-likeness (QED) is 0.382. The second kappa shape index (κ2) is 8.33. The Hall–Kier alpha value is -3.35. The van der Waals surface area contributed by atoms with Crippen LogP contribution in [0.25, 0.3) is 10.8 Å². The smallest absolute Gasteiger partial charge is 0.325 e. The highest BCUT2D eigenvalue weighted by Gasteiger charge is 2.52. The fourth-order valence-electron chi connectivity index (χ4n) is 7.54. The summed E-state index contributed by atoms with van der Waals surface area (Å²) < 4.78 is 40.0. The Kier molecular flexibility index (Phi) is 5.41. The van der Waals surface area contributed by atoms with Crippen molar-refractivity contribution in [3.8, 4) is 0 Å². The summed E-state index contributed by atoms with van der Waals surface area (Å²) in [5.74, 6) is 0.661. The predicted octanol–water partition coefficient (Wildman–Crippen LogP) is 6.92. The maximum atomic E-state index is 13.2. The first-order chi connectivity index (χ1) is 17.5. The molecule has 37 heavy (non-hydrogen) atoms. The van der Waals surface area contributed by atoms with Crippen LogP contribution in [0.3, 0.4) is 0 Å². The molecule has 3 aromatic rings. The van der Waals surface area contributed by atoms with Crippen molar-refractivity contribution in [2.75, 3.05) is 5.32 Å². The van der Waals surface area contributed by atoms with Gasteiger partial charge in [-0.1, -0.05) is 36.8 Å². The highest BCUT2D eigenvalue weighted by molar-refractivity contribution is 6.02. The average Bonchev–Trinajstić information content (AvgIpc) is 2.79. The van der Waals surface area contributed by atoms with E-state index in [4.69, 9.17) is 0 Å². The molecule has 3 atom stereocenters. The summed E-state index contributed by atoms with van der Waals surface area (Å²) >= 11 is 0. The number of nitrogens with zero attached hydrogens (tertiary/aromatic N) is 1. The molecule has 1 heterocycles. The maximum absolute atomic E-state index is 13.2. The molecule has 7 rings (SSSR count). The number of carbonyl (C=O) groups is 1. The number of pyridine rings is 1. The normalized spacial score (nSPS) is 26.4. The zero-order valence-corrected chi connectivity index (χ0v) is 20.7. The first kappa shape index (κ1) is 24.0. The molecular weight excluding hydrogens is 477 g/mol. The Bertz CT molecular complexity index is 1490. The molecule has 0 aliphatic heterocycles. The van der Waals surface area contributed by atoms with Crippen LogP contribution in [0.4, 0.5) is 18.9 Å². The molecule has 4 bridgehead atoms. The van der Waals surface area contributed by atoms with Gasteiger partial charge in [0.1, 0.15) is 0 Å². The van der Waals surface area contributed by atoms with Crippen molar-refractivity contribution in [1.82, 2.24) is 4.57 Å². The van der Waals surface area contributed by atoms with Gasteiger partial charge in [0.2, 0.25) is 5.91 Å². The molecule has 7 heteroatoms. The molecule has 1 amide bonds. The van der Waals surface area contributed by atoms with Gasteiger partial charge in [-0.3, -0.25) is 9.59 Å². The molecule has 192 valence electrons. The Morgan fingerprint density at radius 2 is 1.86 bits per heavy atom. The van der Waals surface area contributed by atoms with Crippen LogP contribution in [0.15, 0.2) is 71.2 Å². The molecule has 0 saturated heterocycles. The van der Waals surface area contributed by atoms with E-state index in [0.29, 0.717) is 34.4 Å². The van der Waals surface area contributed by atoms with E-state index in [0.717, 1.165) is 31.4 Å². The molecule has 3 unspecified atom stereocenters. The molecule has 0 radical (unpaired) electrons. The van der Waals surface area contributed by atoms with Gasteiger partial charge >= 0.3 is 6.18 Å². The van der Waals surface area contributed by atoms with Crippen LogP contribution in [0.1, 0.15) is 56.6 Å². The van der Waals surface area contributed by atoms with Crippen molar-refractivity contribution in [2.45, 2.75) is 58.2 Å². The van der Waals surface area contributed by atoms with E-state index in [1.54, 1.807) is 24.4 Å². The number of carbonyl (C=O) groups excluding carboxylic acids is 1. The summed E-state index contributed by atoms with van der Waals surface area (Å²) in [5, 5.41) is 4.19. The van der Waals surface area contributed by atoms with Gasteiger partial charge < -0.3 is 9.88 Å². The molecule has 4 nitrogen and oxygen atoms in total. The summed E-state index contributed by atoms with van der Waals surface area (Å²) in [4.78, 5) is 26.4. The Morgan fingerprint density at radius 3 is 2.57 bits per heavy atom. The van der Waals surface area contributed by atoms with Gasteiger partial charge in [-0.15, -0.1) is 0 Å². The Labute approximate surface area is 213 Å². The summed E-state index contributed by atoms with van der Waals surface area (Å²) in [6.45, 7) is 2.48. The predicted molar refractivity (Wildman–Crippen MR) is 137 cm³/mol. The van der Waals surface area contributed by atoms with Gasteiger partial charge in [0.05, 0.1) is 12.1 Å². The highest BCUT2D eigenvalue weighted by Crippen LogP contribution is 2.63. The van der Waals surface area contributed by atoms with Crippen molar-refractivity contribution in [3.63, 3.8) is 0 Å². The van der Waals surface area contributed by atoms with Crippen LogP contribution in [-0.2, 0) is 17.5 Å². The molecule has 2 saturated carbocycles. The number of nitrogens with one attached hydrogen (secondary N) is 1.